The van der Waals surface area contributed by atoms with Gasteiger partial charge in [0.1, 0.15) is 12.4 Å². The Labute approximate surface area is 185 Å². The molecular weight excluding hydrogens is 404 g/mol. The molecule has 0 amide bonds. The van der Waals surface area contributed by atoms with E-state index < -0.39 is 0 Å². The molecule has 1 aromatic rings. The summed E-state index contributed by atoms with van der Waals surface area (Å²) in [6, 6.07) is 7.52. The van der Waals surface area contributed by atoms with Gasteiger partial charge < -0.3 is 24.4 Å². The summed E-state index contributed by atoms with van der Waals surface area (Å²) in [7, 11) is 1.85. The van der Waals surface area contributed by atoms with E-state index in [4.69, 9.17) is 25.8 Å². The number of nitrogens with zero attached hydrogens (tertiary/aromatic N) is 3. The van der Waals surface area contributed by atoms with Crippen LogP contribution in [0, 0.1) is 0 Å². The minimum Gasteiger partial charge on any atom is -0.492 e. The predicted octanol–water partition coefficient (Wildman–Crippen LogP) is 2.50. The summed E-state index contributed by atoms with van der Waals surface area (Å²) >= 11 is 5.90. The van der Waals surface area contributed by atoms with Gasteiger partial charge in [-0.2, -0.15) is 0 Å². The summed E-state index contributed by atoms with van der Waals surface area (Å²) in [6.45, 7) is 8.89. The molecule has 1 N–H and O–H groups in total. The Morgan fingerprint density at radius 2 is 1.87 bits per heavy atom. The third kappa shape index (κ3) is 7.95. The molecule has 0 atom stereocenters. The van der Waals surface area contributed by atoms with Crippen molar-refractivity contribution in [3.63, 3.8) is 0 Å². The molecule has 8 heteroatoms. The molecule has 0 unspecified atom stereocenters. The minimum atomic E-state index is 0.370. The molecule has 0 aromatic heterocycles. The van der Waals surface area contributed by atoms with Gasteiger partial charge in [-0.1, -0.05) is 11.6 Å². The van der Waals surface area contributed by atoms with Crippen molar-refractivity contribution < 1.29 is 14.2 Å². The zero-order valence-corrected chi connectivity index (χ0v) is 18.8. The van der Waals surface area contributed by atoms with E-state index >= 15 is 0 Å². The molecule has 0 bridgehead atoms. The molecule has 0 spiro atoms. The number of hydrogen-bond acceptors (Lipinski definition) is 5. The van der Waals surface area contributed by atoms with E-state index in [0.717, 1.165) is 95.1 Å². The molecule has 2 fully saturated rings. The predicted molar refractivity (Wildman–Crippen MR) is 121 cm³/mol. The van der Waals surface area contributed by atoms with Crippen molar-refractivity contribution in [2.45, 2.75) is 25.4 Å². The molecule has 2 heterocycles. The standard InChI is InChI=1S/C22H35ClN4O3/c1-24-22(25-9-2-15-29-21-7-16-28-17-8-21)27-12-10-26(11-13-27)14-18-30-20-5-3-19(23)4-6-20/h3-6,21H,2,7-18H2,1H3,(H,24,25). The fourth-order valence-corrected chi connectivity index (χ4v) is 3.83. The number of nitrogens with one attached hydrogen (secondary N) is 1. The molecular formula is C22H35ClN4O3. The van der Waals surface area contributed by atoms with Gasteiger partial charge in [0.15, 0.2) is 5.96 Å². The third-order valence-electron chi connectivity index (χ3n) is 5.50. The van der Waals surface area contributed by atoms with E-state index in [1.807, 2.05) is 31.3 Å². The van der Waals surface area contributed by atoms with Crippen LogP contribution in [0.5, 0.6) is 5.75 Å². The van der Waals surface area contributed by atoms with Crippen LogP contribution in [-0.2, 0) is 9.47 Å². The first-order chi connectivity index (χ1) is 14.7. The largest absolute Gasteiger partial charge is 0.492 e. The highest BCUT2D eigenvalue weighted by molar-refractivity contribution is 6.30. The highest BCUT2D eigenvalue weighted by Gasteiger charge is 2.19. The molecule has 3 rings (SSSR count). The van der Waals surface area contributed by atoms with Crippen molar-refractivity contribution in [2.24, 2.45) is 4.99 Å². The molecule has 7 nitrogen and oxygen atoms in total. The molecule has 0 saturated carbocycles. The quantitative estimate of drug-likeness (QED) is 0.363. The summed E-state index contributed by atoms with van der Waals surface area (Å²) in [5, 5.41) is 4.21. The smallest absolute Gasteiger partial charge is 0.193 e. The summed E-state index contributed by atoms with van der Waals surface area (Å²) in [6.07, 6.45) is 3.39. The lowest BCUT2D eigenvalue weighted by Crippen LogP contribution is -2.53. The first kappa shape index (κ1) is 23.1. The van der Waals surface area contributed by atoms with Crippen molar-refractivity contribution in [1.82, 2.24) is 15.1 Å². The second-order valence-electron chi connectivity index (χ2n) is 7.64. The van der Waals surface area contributed by atoms with Gasteiger partial charge in [0.2, 0.25) is 0 Å². The minimum absolute atomic E-state index is 0.370. The van der Waals surface area contributed by atoms with Crippen LogP contribution in [0.3, 0.4) is 0 Å². The van der Waals surface area contributed by atoms with Gasteiger partial charge in [-0.05, 0) is 43.5 Å². The number of hydrogen-bond donors (Lipinski definition) is 1. The number of benzene rings is 1. The Bertz CT molecular complexity index is 630. The van der Waals surface area contributed by atoms with E-state index in [1.54, 1.807) is 0 Å². The second kappa shape index (κ2) is 13.0. The van der Waals surface area contributed by atoms with Gasteiger partial charge in [-0.3, -0.25) is 9.89 Å². The molecule has 1 aromatic carbocycles. The number of halogens is 1. The van der Waals surface area contributed by atoms with Crippen molar-refractivity contribution in [3.8, 4) is 5.75 Å². The van der Waals surface area contributed by atoms with Crippen molar-refractivity contribution >= 4 is 17.6 Å². The topological polar surface area (TPSA) is 58.6 Å². The van der Waals surface area contributed by atoms with Crippen LogP contribution in [0.25, 0.3) is 0 Å². The number of ether oxygens (including phenoxy) is 3. The molecule has 2 saturated heterocycles. The molecule has 0 aliphatic carbocycles. The highest BCUT2D eigenvalue weighted by atomic mass is 35.5. The summed E-state index contributed by atoms with van der Waals surface area (Å²) in [4.78, 5) is 9.21. The van der Waals surface area contributed by atoms with E-state index in [0.29, 0.717) is 12.7 Å². The molecule has 168 valence electrons. The fourth-order valence-electron chi connectivity index (χ4n) is 3.70. The van der Waals surface area contributed by atoms with Crippen LogP contribution in [0.15, 0.2) is 29.3 Å². The summed E-state index contributed by atoms with van der Waals surface area (Å²) in [5.74, 6) is 1.85. The Hall–Kier alpha value is -1.54. The van der Waals surface area contributed by atoms with Crippen molar-refractivity contribution in [2.75, 3.05) is 72.7 Å². The van der Waals surface area contributed by atoms with Crippen LogP contribution in [-0.4, -0.2) is 94.6 Å². The Kier molecular flexibility index (Phi) is 10.0. The van der Waals surface area contributed by atoms with Gasteiger partial charge in [0, 0.05) is 71.2 Å². The maximum absolute atomic E-state index is 5.93. The van der Waals surface area contributed by atoms with E-state index in [9.17, 15) is 0 Å². The average Bonchev–Trinajstić information content (AvgIpc) is 2.79. The molecule has 2 aliphatic rings. The van der Waals surface area contributed by atoms with Crippen molar-refractivity contribution in [1.29, 1.82) is 0 Å². The molecule has 30 heavy (non-hydrogen) atoms. The third-order valence-corrected chi connectivity index (χ3v) is 5.75. The van der Waals surface area contributed by atoms with Gasteiger partial charge in [-0.25, -0.2) is 0 Å². The summed E-state index contributed by atoms with van der Waals surface area (Å²) in [5.41, 5.74) is 0. The Morgan fingerprint density at radius 1 is 1.13 bits per heavy atom. The van der Waals surface area contributed by atoms with Crippen LogP contribution >= 0.6 is 11.6 Å². The first-order valence-corrected chi connectivity index (χ1v) is 11.4. The lowest BCUT2D eigenvalue weighted by atomic mass is 10.1. The van der Waals surface area contributed by atoms with Crippen molar-refractivity contribution in [3.05, 3.63) is 29.3 Å². The Morgan fingerprint density at radius 3 is 2.57 bits per heavy atom. The monoisotopic (exact) mass is 438 g/mol. The van der Waals surface area contributed by atoms with Gasteiger partial charge in [-0.15, -0.1) is 0 Å². The first-order valence-electron chi connectivity index (χ1n) is 11.0. The van der Waals surface area contributed by atoms with E-state index in [1.165, 1.54) is 0 Å². The van der Waals surface area contributed by atoms with Gasteiger partial charge in [0.25, 0.3) is 0 Å². The van der Waals surface area contributed by atoms with Crippen LogP contribution < -0.4 is 10.1 Å². The number of piperazine rings is 1. The number of guanidine groups is 1. The zero-order chi connectivity index (χ0) is 21.0. The van der Waals surface area contributed by atoms with E-state index in [-0.39, 0.29) is 0 Å². The average molecular weight is 439 g/mol. The maximum Gasteiger partial charge on any atom is 0.193 e. The highest BCUT2D eigenvalue weighted by Crippen LogP contribution is 2.15. The normalized spacial score (nSPS) is 19.1. The number of rotatable bonds is 9. The van der Waals surface area contributed by atoms with E-state index in [2.05, 4.69) is 20.1 Å². The Balaban J connectivity index is 1.25. The van der Waals surface area contributed by atoms with Gasteiger partial charge >= 0.3 is 0 Å². The van der Waals surface area contributed by atoms with Gasteiger partial charge in [0.05, 0.1) is 6.10 Å². The molecule has 0 radical (unpaired) electrons. The summed E-state index contributed by atoms with van der Waals surface area (Å²) < 4.78 is 17.1. The second-order valence-corrected chi connectivity index (χ2v) is 8.08. The fraction of sp³-hybridized carbons (Fsp3) is 0.682. The maximum atomic E-state index is 5.93. The SMILES string of the molecule is CN=C(NCCCOC1CCOCC1)N1CCN(CCOc2ccc(Cl)cc2)CC1. The lowest BCUT2D eigenvalue weighted by molar-refractivity contribution is -0.0320. The zero-order valence-electron chi connectivity index (χ0n) is 18.0. The van der Waals surface area contributed by atoms with Crippen LogP contribution in [0.2, 0.25) is 5.02 Å². The lowest BCUT2D eigenvalue weighted by Gasteiger charge is -2.36. The van der Waals surface area contributed by atoms with Crippen LogP contribution in [0.4, 0.5) is 0 Å². The molecule has 2 aliphatic heterocycles. The van der Waals surface area contributed by atoms with Crippen LogP contribution in [0.1, 0.15) is 19.3 Å². The number of aliphatic imine (C=N–C) groups is 1.